The van der Waals surface area contributed by atoms with E-state index in [-0.39, 0.29) is 36.1 Å². The van der Waals surface area contributed by atoms with Crippen molar-refractivity contribution in [1.29, 1.82) is 0 Å². The molecule has 2 aliphatic rings. The van der Waals surface area contributed by atoms with Crippen molar-refractivity contribution in [3.63, 3.8) is 0 Å². The zero-order valence-electron chi connectivity index (χ0n) is 16.8. The zero-order valence-corrected chi connectivity index (χ0v) is 16.8. The van der Waals surface area contributed by atoms with Crippen molar-refractivity contribution in [2.45, 2.75) is 44.9 Å². The molecule has 3 aromatic rings. The molecule has 2 N–H and O–H groups in total. The van der Waals surface area contributed by atoms with Gasteiger partial charge >= 0.3 is 11.9 Å². The molecular weight excluding hydrogens is 400 g/mol. The molecule has 2 aromatic heterocycles. The third kappa shape index (κ3) is 2.79. The number of aliphatic carboxylic acids is 1. The van der Waals surface area contributed by atoms with Crippen molar-refractivity contribution in [3.8, 4) is 11.4 Å². The third-order valence-electron chi connectivity index (χ3n) is 6.23. The van der Waals surface area contributed by atoms with Crippen molar-refractivity contribution in [2.24, 2.45) is 0 Å². The minimum absolute atomic E-state index is 0.00687. The van der Waals surface area contributed by atoms with Crippen LogP contribution < -0.4 is 5.56 Å². The second kappa shape index (κ2) is 6.75. The van der Waals surface area contributed by atoms with Gasteiger partial charge in [-0.3, -0.25) is 9.59 Å². The van der Waals surface area contributed by atoms with Crippen LogP contribution in [-0.4, -0.2) is 31.7 Å². The molecular formula is C23H20N2O6. The van der Waals surface area contributed by atoms with Crippen LogP contribution >= 0.6 is 0 Å². The lowest BCUT2D eigenvalue weighted by Crippen LogP contribution is -2.44. The minimum Gasteiger partial charge on any atom is -0.481 e. The number of aromatic nitrogens is 2. The Morgan fingerprint density at radius 2 is 2.10 bits per heavy atom. The third-order valence-corrected chi connectivity index (χ3v) is 6.23. The van der Waals surface area contributed by atoms with E-state index in [9.17, 15) is 19.5 Å². The summed E-state index contributed by atoms with van der Waals surface area (Å²) in [6.07, 6.45) is 0.420. The van der Waals surface area contributed by atoms with E-state index in [1.54, 1.807) is 17.6 Å². The van der Waals surface area contributed by atoms with E-state index in [0.717, 1.165) is 16.5 Å². The zero-order chi connectivity index (χ0) is 21.9. The van der Waals surface area contributed by atoms with E-state index < -0.39 is 17.5 Å². The maximum Gasteiger partial charge on any atom is 0.343 e. The number of pyridine rings is 2. The van der Waals surface area contributed by atoms with Gasteiger partial charge in [0.15, 0.2) is 5.60 Å². The number of nitrogens with zero attached hydrogens (tertiary/aromatic N) is 2. The fourth-order valence-electron chi connectivity index (χ4n) is 4.51. The normalized spacial score (nSPS) is 19.0. The number of hydrogen-bond donors (Lipinski definition) is 2. The van der Waals surface area contributed by atoms with E-state index in [4.69, 9.17) is 14.8 Å². The Morgan fingerprint density at radius 3 is 2.84 bits per heavy atom. The van der Waals surface area contributed by atoms with Gasteiger partial charge in [-0.15, -0.1) is 0 Å². The molecule has 0 spiro atoms. The molecule has 0 saturated carbocycles. The molecule has 8 nitrogen and oxygen atoms in total. The van der Waals surface area contributed by atoms with Crippen LogP contribution in [0, 0.1) is 0 Å². The molecule has 1 atom stereocenters. The number of cyclic esters (lactones) is 1. The first-order chi connectivity index (χ1) is 14.8. The summed E-state index contributed by atoms with van der Waals surface area (Å²) in [6, 6.07) is 9.26. The first kappa shape index (κ1) is 19.4. The number of rotatable bonds is 4. The largest absolute Gasteiger partial charge is 0.481 e. The van der Waals surface area contributed by atoms with Crippen LogP contribution in [0.2, 0.25) is 0 Å². The molecule has 0 amide bonds. The van der Waals surface area contributed by atoms with Crippen LogP contribution in [0.5, 0.6) is 0 Å². The lowest BCUT2D eigenvalue weighted by Gasteiger charge is -2.31. The maximum absolute atomic E-state index is 13.2. The molecule has 0 fully saturated rings. The number of aliphatic hydroxyl groups is 1. The number of aryl methyl sites for hydroxylation is 1. The number of fused-ring (bicyclic) bond motifs is 5. The molecule has 0 radical (unpaired) electrons. The summed E-state index contributed by atoms with van der Waals surface area (Å²) < 4.78 is 6.67. The molecule has 158 valence electrons. The first-order valence-corrected chi connectivity index (χ1v) is 10.1. The number of carboxylic acids is 1. The standard InChI is InChI=1S/C23H20N2O6/c1-2-23(30)16-9-17-20-14(10-25(17)21(28)15(16)11-31-22(23)29)8-13-5-3-4-12(19(13)24-20)6-7-18(26)27/h3-5,8-9,30H,2,6-7,10-11H2,1H3,(H,26,27)/t23-/m0/s1. The average molecular weight is 420 g/mol. The average Bonchev–Trinajstić information content (AvgIpc) is 3.11. The molecule has 31 heavy (non-hydrogen) atoms. The monoisotopic (exact) mass is 420 g/mol. The summed E-state index contributed by atoms with van der Waals surface area (Å²) in [5.74, 6) is -1.64. The Labute approximate surface area is 176 Å². The summed E-state index contributed by atoms with van der Waals surface area (Å²) in [6.45, 7) is 1.83. The molecule has 0 aliphatic carbocycles. The smallest absolute Gasteiger partial charge is 0.343 e. The Morgan fingerprint density at radius 1 is 1.29 bits per heavy atom. The highest BCUT2D eigenvalue weighted by Gasteiger charge is 2.45. The highest BCUT2D eigenvalue weighted by Crippen LogP contribution is 2.38. The van der Waals surface area contributed by atoms with Gasteiger partial charge in [-0.1, -0.05) is 25.1 Å². The lowest BCUT2D eigenvalue weighted by atomic mass is 9.86. The molecule has 8 heteroatoms. The second-order valence-corrected chi connectivity index (χ2v) is 7.98. The van der Waals surface area contributed by atoms with Crippen molar-refractivity contribution < 1.29 is 24.5 Å². The summed E-state index contributed by atoms with van der Waals surface area (Å²) in [4.78, 5) is 41.3. The summed E-state index contributed by atoms with van der Waals surface area (Å²) in [5.41, 5.74) is 1.89. The van der Waals surface area contributed by atoms with E-state index in [2.05, 4.69) is 0 Å². The van der Waals surface area contributed by atoms with Crippen LogP contribution in [0.15, 0.2) is 35.1 Å². The predicted octanol–water partition coefficient (Wildman–Crippen LogP) is 2.10. The molecule has 2 aliphatic heterocycles. The van der Waals surface area contributed by atoms with Crippen LogP contribution in [0.25, 0.3) is 22.3 Å². The molecule has 5 rings (SSSR count). The summed E-state index contributed by atoms with van der Waals surface area (Å²) in [5, 5.41) is 20.9. The Balaban J connectivity index is 1.72. The fraction of sp³-hybridized carbons (Fsp3) is 0.304. The number of esters is 1. The van der Waals surface area contributed by atoms with Gasteiger partial charge in [0.2, 0.25) is 0 Å². The van der Waals surface area contributed by atoms with E-state index >= 15 is 0 Å². The van der Waals surface area contributed by atoms with Crippen LogP contribution in [0.4, 0.5) is 0 Å². The Hall–Kier alpha value is -3.52. The van der Waals surface area contributed by atoms with Crippen molar-refractivity contribution in [1.82, 2.24) is 9.55 Å². The number of carbonyl (C=O) groups is 2. The first-order valence-electron chi connectivity index (χ1n) is 10.1. The maximum atomic E-state index is 13.2. The highest BCUT2D eigenvalue weighted by atomic mass is 16.6. The van der Waals surface area contributed by atoms with Crippen molar-refractivity contribution >= 4 is 22.8 Å². The van der Waals surface area contributed by atoms with Crippen LogP contribution in [0.3, 0.4) is 0 Å². The van der Waals surface area contributed by atoms with Gasteiger partial charge in [0, 0.05) is 22.9 Å². The fourth-order valence-corrected chi connectivity index (χ4v) is 4.51. The summed E-state index contributed by atoms with van der Waals surface area (Å²) >= 11 is 0. The number of para-hydroxylation sites is 1. The minimum atomic E-state index is -1.87. The van der Waals surface area contributed by atoms with Crippen LogP contribution in [-0.2, 0) is 39.5 Å². The number of carboxylic acid groups (broad SMARTS) is 1. The molecule has 0 bridgehead atoms. The topological polar surface area (TPSA) is 119 Å². The van der Waals surface area contributed by atoms with Gasteiger partial charge in [0.1, 0.15) is 6.61 Å². The van der Waals surface area contributed by atoms with Crippen molar-refractivity contribution in [3.05, 3.63) is 62.9 Å². The van der Waals surface area contributed by atoms with Gasteiger partial charge < -0.3 is 19.5 Å². The van der Waals surface area contributed by atoms with Gasteiger partial charge in [0.25, 0.3) is 5.56 Å². The number of ether oxygens (including phenoxy) is 1. The quantitative estimate of drug-likeness (QED) is 0.485. The highest BCUT2D eigenvalue weighted by molar-refractivity contribution is 5.88. The van der Waals surface area contributed by atoms with Gasteiger partial charge in [-0.2, -0.15) is 0 Å². The van der Waals surface area contributed by atoms with E-state index in [1.807, 2.05) is 24.3 Å². The predicted molar refractivity (Wildman–Crippen MR) is 110 cm³/mol. The van der Waals surface area contributed by atoms with Gasteiger partial charge in [0.05, 0.1) is 29.0 Å². The molecule has 1 aromatic carbocycles. The molecule has 4 heterocycles. The van der Waals surface area contributed by atoms with E-state index in [0.29, 0.717) is 29.9 Å². The van der Waals surface area contributed by atoms with Crippen LogP contribution in [0.1, 0.15) is 42.0 Å². The second-order valence-electron chi connectivity index (χ2n) is 7.98. The van der Waals surface area contributed by atoms with E-state index in [1.165, 1.54) is 0 Å². The SMILES string of the molecule is CC[C@@]1(O)C(=O)OCc2c1cc1n(c2=O)Cc2cc3cccc(CCC(=O)O)c3nc2-1. The molecule has 0 saturated heterocycles. The summed E-state index contributed by atoms with van der Waals surface area (Å²) in [7, 11) is 0. The van der Waals surface area contributed by atoms with Crippen molar-refractivity contribution in [2.75, 3.05) is 0 Å². The van der Waals surface area contributed by atoms with Gasteiger partial charge in [-0.05, 0) is 30.5 Å². The number of hydrogen-bond acceptors (Lipinski definition) is 6. The number of benzene rings is 1. The number of carbonyl (C=O) groups excluding carboxylic acids is 1. The lowest BCUT2D eigenvalue weighted by molar-refractivity contribution is -0.172. The Kier molecular flexibility index (Phi) is 4.23. The Bertz CT molecular complexity index is 1340. The van der Waals surface area contributed by atoms with Gasteiger partial charge in [-0.25, -0.2) is 9.78 Å². The molecule has 0 unspecified atom stereocenters.